The summed E-state index contributed by atoms with van der Waals surface area (Å²) in [6, 6.07) is 8.20. The highest BCUT2D eigenvalue weighted by Gasteiger charge is 2.19. The quantitative estimate of drug-likeness (QED) is 0.530. The molecule has 0 aliphatic carbocycles. The molecule has 30 heavy (non-hydrogen) atoms. The van der Waals surface area contributed by atoms with Crippen molar-refractivity contribution in [2.75, 3.05) is 20.3 Å². The predicted molar refractivity (Wildman–Crippen MR) is 112 cm³/mol. The molecule has 2 N–H and O–H groups in total. The van der Waals surface area contributed by atoms with Crippen LogP contribution in [0.5, 0.6) is 5.75 Å². The summed E-state index contributed by atoms with van der Waals surface area (Å²) in [5.74, 6) is -0.485. The second-order valence-corrected chi connectivity index (χ2v) is 7.00. The van der Waals surface area contributed by atoms with Crippen LogP contribution in [0.4, 0.5) is 4.39 Å². The first-order chi connectivity index (χ1) is 14.4. The van der Waals surface area contributed by atoms with E-state index in [4.69, 9.17) is 9.84 Å². The van der Waals surface area contributed by atoms with E-state index in [-0.39, 0.29) is 18.7 Å². The molecule has 4 rings (SSSR count). The van der Waals surface area contributed by atoms with E-state index < -0.39 is 11.7 Å². The molecule has 154 valence electrons. The zero-order chi connectivity index (χ0) is 21.4. The highest BCUT2D eigenvalue weighted by atomic mass is 19.1. The van der Waals surface area contributed by atoms with Crippen LogP contribution >= 0.6 is 0 Å². The van der Waals surface area contributed by atoms with Gasteiger partial charge in [0.25, 0.3) is 5.91 Å². The third-order valence-electron chi connectivity index (χ3n) is 5.08. The number of carbonyl (C=O) groups is 1. The van der Waals surface area contributed by atoms with Crippen molar-refractivity contribution in [1.82, 2.24) is 20.1 Å². The molecule has 7 nitrogen and oxygen atoms in total. The number of nitrogens with one attached hydrogen (secondary N) is 1. The van der Waals surface area contributed by atoms with Gasteiger partial charge in [-0.05, 0) is 36.8 Å². The van der Waals surface area contributed by atoms with Crippen LogP contribution in [0.3, 0.4) is 0 Å². The molecule has 0 unspecified atom stereocenters. The van der Waals surface area contributed by atoms with Gasteiger partial charge < -0.3 is 15.2 Å². The number of carbonyl (C=O) groups excluding carboxylic acids is 1. The van der Waals surface area contributed by atoms with Gasteiger partial charge in [0.1, 0.15) is 17.3 Å². The van der Waals surface area contributed by atoms with E-state index in [2.05, 4.69) is 15.4 Å². The average molecular weight is 408 g/mol. The Balaban J connectivity index is 1.95. The van der Waals surface area contributed by atoms with Gasteiger partial charge in [-0.3, -0.25) is 14.5 Å². The number of nitrogens with zero attached hydrogens (tertiary/aromatic N) is 3. The lowest BCUT2D eigenvalue weighted by Crippen LogP contribution is -2.27. The third kappa shape index (κ3) is 3.25. The molecule has 2 heterocycles. The fourth-order valence-electron chi connectivity index (χ4n) is 3.60. The minimum atomic E-state index is -0.637. The van der Waals surface area contributed by atoms with Gasteiger partial charge in [0, 0.05) is 36.0 Å². The Morgan fingerprint density at radius 3 is 2.83 bits per heavy atom. The summed E-state index contributed by atoms with van der Waals surface area (Å²) in [5.41, 5.74) is 3.66. The van der Waals surface area contributed by atoms with E-state index in [0.717, 1.165) is 33.1 Å². The number of rotatable bonds is 5. The second-order valence-electron chi connectivity index (χ2n) is 7.00. The maximum atomic E-state index is 14.3. The number of pyridine rings is 1. The molecule has 0 aliphatic heterocycles. The zero-order valence-corrected chi connectivity index (χ0v) is 16.9. The Hall–Kier alpha value is -3.52. The lowest BCUT2D eigenvalue weighted by molar-refractivity contribution is 0.0941. The van der Waals surface area contributed by atoms with Crippen LogP contribution in [0.1, 0.15) is 15.9 Å². The van der Waals surface area contributed by atoms with Crippen molar-refractivity contribution in [2.24, 2.45) is 7.05 Å². The van der Waals surface area contributed by atoms with E-state index >= 15 is 0 Å². The smallest absolute Gasteiger partial charge is 0.254 e. The number of aliphatic hydroxyl groups is 1. The number of aromatic nitrogens is 3. The minimum absolute atomic E-state index is 0.0481. The summed E-state index contributed by atoms with van der Waals surface area (Å²) in [6.07, 6.45) is 1.74. The van der Waals surface area contributed by atoms with Crippen molar-refractivity contribution in [1.29, 1.82) is 0 Å². The number of amides is 1. The molecule has 0 spiro atoms. The summed E-state index contributed by atoms with van der Waals surface area (Å²) < 4.78 is 21.4. The number of methoxy groups -OCH3 is 1. The number of halogens is 1. The van der Waals surface area contributed by atoms with Crippen LogP contribution in [-0.4, -0.2) is 46.0 Å². The zero-order valence-electron chi connectivity index (χ0n) is 16.9. The molecule has 0 saturated carbocycles. The summed E-state index contributed by atoms with van der Waals surface area (Å²) >= 11 is 0. The summed E-state index contributed by atoms with van der Waals surface area (Å²) in [6.45, 7) is 1.78. The van der Waals surface area contributed by atoms with Crippen molar-refractivity contribution >= 4 is 27.7 Å². The first-order valence-corrected chi connectivity index (χ1v) is 9.43. The molecule has 1 amide bonds. The van der Waals surface area contributed by atoms with Gasteiger partial charge in [0.05, 0.1) is 36.5 Å². The number of aliphatic hydroxyl groups excluding tert-OH is 1. The molecule has 0 aliphatic rings. The molecule has 0 radical (unpaired) electrons. The van der Waals surface area contributed by atoms with Crippen LogP contribution in [-0.2, 0) is 7.05 Å². The van der Waals surface area contributed by atoms with Crippen molar-refractivity contribution in [3.05, 3.63) is 53.5 Å². The third-order valence-corrected chi connectivity index (χ3v) is 5.08. The number of hydrogen-bond acceptors (Lipinski definition) is 5. The first kappa shape index (κ1) is 19.8. The van der Waals surface area contributed by atoms with Gasteiger partial charge in [-0.2, -0.15) is 5.10 Å². The van der Waals surface area contributed by atoms with Gasteiger partial charge in [-0.1, -0.05) is 0 Å². The Labute approximate surface area is 172 Å². The molecule has 2 aromatic carbocycles. The lowest BCUT2D eigenvalue weighted by Gasteiger charge is -2.09. The van der Waals surface area contributed by atoms with Gasteiger partial charge >= 0.3 is 0 Å². The molecular weight excluding hydrogens is 387 g/mol. The van der Waals surface area contributed by atoms with Crippen molar-refractivity contribution < 1.29 is 19.0 Å². The Kier molecular flexibility index (Phi) is 5.09. The average Bonchev–Trinajstić information content (AvgIpc) is 3.08. The number of aryl methyl sites for hydroxylation is 2. The van der Waals surface area contributed by atoms with Crippen molar-refractivity contribution in [2.45, 2.75) is 6.92 Å². The Morgan fingerprint density at radius 2 is 2.10 bits per heavy atom. The van der Waals surface area contributed by atoms with Crippen LogP contribution in [0.15, 0.2) is 36.5 Å². The first-order valence-electron chi connectivity index (χ1n) is 9.43. The van der Waals surface area contributed by atoms with E-state index in [9.17, 15) is 9.18 Å². The largest absolute Gasteiger partial charge is 0.496 e. The lowest BCUT2D eigenvalue weighted by atomic mass is 10.0. The number of ether oxygens (including phenoxy) is 1. The molecular formula is C22H21FN4O3. The topological polar surface area (TPSA) is 89.3 Å². The maximum Gasteiger partial charge on any atom is 0.254 e. The summed E-state index contributed by atoms with van der Waals surface area (Å²) in [5, 5.41) is 17.8. The van der Waals surface area contributed by atoms with Gasteiger partial charge in [0.2, 0.25) is 0 Å². The molecule has 0 saturated heterocycles. The van der Waals surface area contributed by atoms with Crippen LogP contribution < -0.4 is 10.1 Å². The fourth-order valence-corrected chi connectivity index (χ4v) is 3.60. The SMILES string of the molecule is COc1cc2ncc3c(c(-c4ccc(F)c(C(=O)NCCO)c4)nn3C)c2cc1C. The standard InChI is InChI=1S/C22H21FN4O3/c1-12-8-15-17(10-19(12)30-3)25-11-18-20(15)21(26-27(18)2)13-4-5-16(23)14(9-13)22(29)24-6-7-28/h4-5,8-11,28H,6-7H2,1-3H3,(H,24,29). The Morgan fingerprint density at radius 1 is 1.30 bits per heavy atom. The van der Waals surface area contributed by atoms with Crippen LogP contribution in [0, 0.1) is 12.7 Å². The highest BCUT2D eigenvalue weighted by Crippen LogP contribution is 2.35. The van der Waals surface area contributed by atoms with E-state index in [1.54, 1.807) is 24.1 Å². The van der Waals surface area contributed by atoms with E-state index in [1.807, 2.05) is 26.1 Å². The summed E-state index contributed by atoms with van der Waals surface area (Å²) in [7, 11) is 3.43. The van der Waals surface area contributed by atoms with E-state index in [1.165, 1.54) is 12.1 Å². The molecule has 2 aromatic heterocycles. The monoisotopic (exact) mass is 408 g/mol. The minimum Gasteiger partial charge on any atom is -0.496 e. The predicted octanol–water partition coefficient (Wildman–Crippen LogP) is 2.97. The number of fused-ring (bicyclic) bond motifs is 3. The molecule has 0 fully saturated rings. The summed E-state index contributed by atoms with van der Waals surface area (Å²) in [4.78, 5) is 16.8. The van der Waals surface area contributed by atoms with Crippen LogP contribution in [0.25, 0.3) is 33.1 Å². The number of benzene rings is 2. The Bertz CT molecular complexity index is 1280. The van der Waals surface area contributed by atoms with E-state index in [0.29, 0.717) is 11.3 Å². The van der Waals surface area contributed by atoms with Gasteiger partial charge in [0.15, 0.2) is 0 Å². The van der Waals surface area contributed by atoms with Gasteiger partial charge in [-0.25, -0.2) is 4.39 Å². The number of hydrogen-bond donors (Lipinski definition) is 2. The van der Waals surface area contributed by atoms with Crippen molar-refractivity contribution in [3.8, 4) is 17.0 Å². The molecule has 0 bridgehead atoms. The molecule has 8 heteroatoms. The second kappa shape index (κ2) is 7.72. The fraction of sp³-hybridized carbons (Fsp3) is 0.227. The normalized spacial score (nSPS) is 11.2. The van der Waals surface area contributed by atoms with Crippen LogP contribution in [0.2, 0.25) is 0 Å². The van der Waals surface area contributed by atoms with Crippen molar-refractivity contribution in [3.63, 3.8) is 0 Å². The maximum absolute atomic E-state index is 14.3. The molecule has 4 aromatic rings. The highest BCUT2D eigenvalue weighted by molar-refractivity contribution is 6.12. The van der Waals surface area contributed by atoms with Gasteiger partial charge in [-0.15, -0.1) is 0 Å². The molecule has 0 atom stereocenters.